The van der Waals surface area contributed by atoms with Gasteiger partial charge in [0.05, 0.1) is 10.6 Å². The molecule has 106 valence electrons. The number of aryl methyl sites for hydroxylation is 1. The summed E-state index contributed by atoms with van der Waals surface area (Å²) in [5, 5.41) is 10.5. The number of benzene rings is 2. The molecule has 2 aromatic carbocycles. The van der Waals surface area contributed by atoms with Crippen molar-refractivity contribution in [2.24, 2.45) is 5.73 Å². The maximum absolute atomic E-state index is 13.6. The Bertz CT molecular complexity index is 603. The number of aliphatic hydroxyl groups is 1. The van der Waals surface area contributed by atoms with Gasteiger partial charge in [0.25, 0.3) is 0 Å². The molecular formula is C16H17BrFNO. The molecule has 0 fully saturated rings. The molecule has 2 aromatic rings. The number of aliphatic hydroxyl groups excluding tert-OH is 1. The summed E-state index contributed by atoms with van der Waals surface area (Å²) < 4.78 is 14.0. The zero-order valence-corrected chi connectivity index (χ0v) is 12.8. The Hall–Kier alpha value is -1.23. The van der Waals surface area contributed by atoms with Gasteiger partial charge in [-0.2, -0.15) is 0 Å². The SMILES string of the molecule is Cc1ccccc1C(CN)C(O)c1ccc(Br)c(F)c1. The second-order valence-electron chi connectivity index (χ2n) is 4.82. The molecule has 2 unspecified atom stereocenters. The van der Waals surface area contributed by atoms with E-state index in [2.05, 4.69) is 15.9 Å². The number of hydrogen-bond donors (Lipinski definition) is 2. The summed E-state index contributed by atoms with van der Waals surface area (Å²) in [6.07, 6.45) is -0.830. The number of nitrogens with two attached hydrogens (primary N) is 1. The quantitative estimate of drug-likeness (QED) is 0.893. The topological polar surface area (TPSA) is 46.2 Å². The third-order valence-electron chi connectivity index (χ3n) is 3.51. The van der Waals surface area contributed by atoms with Crippen LogP contribution >= 0.6 is 15.9 Å². The Morgan fingerprint density at radius 3 is 2.55 bits per heavy atom. The first-order valence-electron chi connectivity index (χ1n) is 6.43. The van der Waals surface area contributed by atoms with E-state index in [1.54, 1.807) is 12.1 Å². The molecule has 0 amide bonds. The minimum Gasteiger partial charge on any atom is -0.388 e. The summed E-state index contributed by atoms with van der Waals surface area (Å²) >= 11 is 3.11. The van der Waals surface area contributed by atoms with Gasteiger partial charge in [-0.3, -0.25) is 0 Å². The highest BCUT2D eigenvalue weighted by Gasteiger charge is 2.23. The van der Waals surface area contributed by atoms with Crippen LogP contribution in [0, 0.1) is 12.7 Å². The summed E-state index contributed by atoms with van der Waals surface area (Å²) in [7, 11) is 0. The first-order valence-corrected chi connectivity index (χ1v) is 7.22. The molecule has 0 aliphatic heterocycles. The van der Waals surface area contributed by atoms with Crippen molar-refractivity contribution in [1.82, 2.24) is 0 Å². The highest BCUT2D eigenvalue weighted by molar-refractivity contribution is 9.10. The van der Waals surface area contributed by atoms with Crippen LogP contribution in [0.25, 0.3) is 0 Å². The van der Waals surface area contributed by atoms with Crippen LogP contribution < -0.4 is 5.73 Å². The lowest BCUT2D eigenvalue weighted by molar-refractivity contribution is 0.146. The van der Waals surface area contributed by atoms with Gasteiger partial charge in [0.15, 0.2) is 0 Å². The fraction of sp³-hybridized carbons (Fsp3) is 0.250. The van der Waals surface area contributed by atoms with Gasteiger partial charge in [0.2, 0.25) is 0 Å². The third kappa shape index (κ3) is 3.08. The molecule has 0 bridgehead atoms. The minimum atomic E-state index is -0.830. The molecule has 2 nitrogen and oxygen atoms in total. The molecule has 0 aliphatic rings. The molecule has 0 aromatic heterocycles. The van der Waals surface area contributed by atoms with E-state index in [0.717, 1.165) is 11.1 Å². The summed E-state index contributed by atoms with van der Waals surface area (Å²) in [5.41, 5.74) is 8.41. The van der Waals surface area contributed by atoms with Gasteiger partial charge in [0, 0.05) is 12.5 Å². The Kier molecular flexibility index (Phi) is 4.91. The van der Waals surface area contributed by atoms with Gasteiger partial charge in [-0.1, -0.05) is 30.3 Å². The number of rotatable bonds is 4. The van der Waals surface area contributed by atoms with E-state index >= 15 is 0 Å². The molecule has 20 heavy (non-hydrogen) atoms. The second kappa shape index (κ2) is 6.48. The molecular weight excluding hydrogens is 321 g/mol. The largest absolute Gasteiger partial charge is 0.388 e. The van der Waals surface area contributed by atoms with Crippen molar-refractivity contribution in [1.29, 1.82) is 0 Å². The molecule has 0 saturated heterocycles. The standard InChI is InChI=1S/C16H17BrFNO/c1-10-4-2-3-5-12(10)13(9-19)16(20)11-6-7-14(17)15(18)8-11/h2-8,13,16,20H,9,19H2,1H3. The molecule has 0 spiro atoms. The van der Waals surface area contributed by atoms with Crippen molar-refractivity contribution in [3.63, 3.8) is 0 Å². The predicted molar refractivity (Wildman–Crippen MR) is 82.0 cm³/mol. The normalized spacial score (nSPS) is 14.1. The molecule has 3 N–H and O–H groups in total. The monoisotopic (exact) mass is 337 g/mol. The van der Waals surface area contributed by atoms with Gasteiger partial charge >= 0.3 is 0 Å². The molecule has 0 saturated carbocycles. The summed E-state index contributed by atoms with van der Waals surface area (Å²) in [6, 6.07) is 12.4. The van der Waals surface area contributed by atoms with E-state index in [0.29, 0.717) is 16.6 Å². The highest BCUT2D eigenvalue weighted by Crippen LogP contribution is 2.33. The van der Waals surface area contributed by atoms with Gasteiger partial charge in [-0.15, -0.1) is 0 Å². The first-order chi connectivity index (χ1) is 9.54. The Labute approximate surface area is 126 Å². The van der Waals surface area contributed by atoms with Crippen LogP contribution in [-0.4, -0.2) is 11.7 Å². The molecule has 0 heterocycles. The lowest BCUT2D eigenvalue weighted by atomic mass is 9.87. The number of halogens is 2. The summed E-state index contributed by atoms with van der Waals surface area (Å²) in [4.78, 5) is 0. The van der Waals surface area contributed by atoms with Crippen molar-refractivity contribution < 1.29 is 9.50 Å². The van der Waals surface area contributed by atoms with E-state index in [1.807, 2.05) is 31.2 Å². The van der Waals surface area contributed by atoms with Crippen LogP contribution in [0.3, 0.4) is 0 Å². The molecule has 4 heteroatoms. The van der Waals surface area contributed by atoms with E-state index in [4.69, 9.17) is 5.73 Å². The average molecular weight is 338 g/mol. The van der Waals surface area contributed by atoms with E-state index in [9.17, 15) is 9.50 Å². The van der Waals surface area contributed by atoms with Crippen molar-refractivity contribution in [2.45, 2.75) is 18.9 Å². The van der Waals surface area contributed by atoms with Gasteiger partial charge < -0.3 is 10.8 Å². The Morgan fingerprint density at radius 1 is 1.25 bits per heavy atom. The van der Waals surface area contributed by atoms with Crippen molar-refractivity contribution in [3.8, 4) is 0 Å². The van der Waals surface area contributed by atoms with E-state index < -0.39 is 6.10 Å². The lowest BCUT2D eigenvalue weighted by Crippen LogP contribution is -2.21. The van der Waals surface area contributed by atoms with Crippen LogP contribution in [-0.2, 0) is 0 Å². The maximum atomic E-state index is 13.6. The van der Waals surface area contributed by atoms with Gasteiger partial charge in [-0.05, 0) is 51.7 Å². The predicted octanol–water partition coefficient (Wildman–Crippen LogP) is 3.67. The van der Waals surface area contributed by atoms with Crippen LogP contribution in [0.15, 0.2) is 46.9 Å². The van der Waals surface area contributed by atoms with Crippen molar-refractivity contribution in [3.05, 3.63) is 69.4 Å². The van der Waals surface area contributed by atoms with E-state index in [1.165, 1.54) is 6.07 Å². The van der Waals surface area contributed by atoms with Crippen LogP contribution in [0.2, 0.25) is 0 Å². The zero-order chi connectivity index (χ0) is 14.7. The van der Waals surface area contributed by atoms with Crippen molar-refractivity contribution >= 4 is 15.9 Å². The van der Waals surface area contributed by atoms with Crippen LogP contribution in [0.1, 0.15) is 28.7 Å². The minimum absolute atomic E-state index is 0.253. The molecule has 0 radical (unpaired) electrons. The second-order valence-corrected chi connectivity index (χ2v) is 5.67. The lowest BCUT2D eigenvalue weighted by Gasteiger charge is -2.24. The average Bonchev–Trinajstić information content (AvgIpc) is 2.44. The number of hydrogen-bond acceptors (Lipinski definition) is 2. The van der Waals surface area contributed by atoms with Crippen LogP contribution in [0.4, 0.5) is 4.39 Å². The zero-order valence-electron chi connectivity index (χ0n) is 11.2. The first kappa shape index (κ1) is 15.2. The highest BCUT2D eigenvalue weighted by atomic mass is 79.9. The third-order valence-corrected chi connectivity index (χ3v) is 4.15. The van der Waals surface area contributed by atoms with Gasteiger partial charge in [-0.25, -0.2) is 4.39 Å². The van der Waals surface area contributed by atoms with Gasteiger partial charge in [0.1, 0.15) is 5.82 Å². The molecule has 2 rings (SSSR count). The van der Waals surface area contributed by atoms with Crippen LogP contribution in [0.5, 0.6) is 0 Å². The van der Waals surface area contributed by atoms with Crippen molar-refractivity contribution in [2.75, 3.05) is 6.54 Å². The fourth-order valence-corrected chi connectivity index (χ4v) is 2.60. The fourth-order valence-electron chi connectivity index (χ4n) is 2.36. The Morgan fingerprint density at radius 2 is 1.95 bits per heavy atom. The maximum Gasteiger partial charge on any atom is 0.137 e. The van der Waals surface area contributed by atoms with E-state index in [-0.39, 0.29) is 11.7 Å². The summed E-state index contributed by atoms with van der Waals surface area (Å²) in [5.74, 6) is -0.640. The smallest absolute Gasteiger partial charge is 0.137 e. The summed E-state index contributed by atoms with van der Waals surface area (Å²) in [6.45, 7) is 2.27. The Balaban J connectivity index is 2.36. The molecule has 2 atom stereocenters. The molecule has 0 aliphatic carbocycles.